The molecule has 4 rings (SSSR count). The van der Waals surface area contributed by atoms with Crippen LogP contribution in [0.4, 0.5) is 11.4 Å². The Morgan fingerprint density at radius 3 is 1.36 bits per heavy atom. The average molecular weight is 641 g/mol. The maximum Gasteiger partial charge on any atom is 0.267 e. The van der Waals surface area contributed by atoms with Gasteiger partial charge in [0.25, 0.3) is 11.8 Å². The van der Waals surface area contributed by atoms with E-state index in [9.17, 15) is 19.2 Å². The van der Waals surface area contributed by atoms with E-state index < -0.39 is 0 Å². The molecule has 2 aromatic carbocycles. The number of anilines is 2. The molecule has 2 saturated heterocycles. The van der Waals surface area contributed by atoms with Crippen molar-refractivity contribution in [2.75, 3.05) is 23.7 Å². The summed E-state index contributed by atoms with van der Waals surface area (Å²) >= 11 is 13.2. The van der Waals surface area contributed by atoms with Crippen molar-refractivity contribution in [1.82, 2.24) is 9.80 Å². The number of nitrogens with zero attached hydrogens (tertiary/aromatic N) is 2. The van der Waals surface area contributed by atoms with Crippen LogP contribution in [-0.4, -0.2) is 55.2 Å². The van der Waals surface area contributed by atoms with Gasteiger partial charge >= 0.3 is 0 Å². The number of hydrogen-bond acceptors (Lipinski definition) is 8. The van der Waals surface area contributed by atoms with Gasteiger partial charge < -0.3 is 10.6 Å². The molecule has 0 bridgehead atoms. The predicted octanol–water partition coefficient (Wildman–Crippen LogP) is 6.32. The summed E-state index contributed by atoms with van der Waals surface area (Å²) in [6.45, 7) is 0.874. The summed E-state index contributed by atoms with van der Waals surface area (Å²) < 4.78 is 0.853. The second kappa shape index (κ2) is 16.0. The van der Waals surface area contributed by atoms with Crippen LogP contribution in [0.25, 0.3) is 0 Å². The van der Waals surface area contributed by atoms with Crippen LogP contribution in [0.1, 0.15) is 51.4 Å². The molecule has 0 saturated carbocycles. The zero-order valence-electron chi connectivity index (χ0n) is 23.0. The van der Waals surface area contributed by atoms with Crippen molar-refractivity contribution in [3.8, 4) is 0 Å². The summed E-state index contributed by atoms with van der Waals surface area (Å²) in [5.74, 6) is -0.613. The highest BCUT2D eigenvalue weighted by molar-refractivity contribution is 8.29. The van der Waals surface area contributed by atoms with Crippen molar-refractivity contribution in [2.24, 2.45) is 0 Å². The standard InChI is InChI=1S/C30H32N4O4S4/c35-23(31-21-13-5-1-6-14-21)17-9-3-11-19-33-27(37)25(41-29(33)39)26-28(38)34(30(40)42-26)20-12-4-10-18-24(36)32-22-15-7-2-8-16-22/h1-2,5-8,13-16H,3-4,9-12,17-20H2,(H,31,35)(H,32,36)/b26-25+. The van der Waals surface area contributed by atoms with Crippen LogP contribution >= 0.6 is 48.0 Å². The molecule has 220 valence electrons. The maximum atomic E-state index is 13.2. The fraction of sp³-hybridized carbons (Fsp3) is 0.333. The lowest BCUT2D eigenvalue weighted by Gasteiger charge is -2.14. The van der Waals surface area contributed by atoms with Gasteiger partial charge in [-0.1, -0.05) is 97.2 Å². The molecule has 0 aromatic heterocycles. The SMILES string of the molecule is O=C(CCCCCN1C(=O)/C(=C2\SC(=S)N(CCCCCC(=O)Nc3ccccc3)C2=O)SC1=S)Nc1ccccc1. The zero-order valence-corrected chi connectivity index (χ0v) is 26.3. The van der Waals surface area contributed by atoms with Crippen LogP contribution in [-0.2, 0) is 19.2 Å². The number of para-hydroxylation sites is 2. The third kappa shape index (κ3) is 8.97. The smallest absolute Gasteiger partial charge is 0.267 e. The Kier molecular flexibility index (Phi) is 12.1. The number of benzene rings is 2. The Balaban J connectivity index is 1.17. The van der Waals surface area contributed by atoms with E-state index in [-0.39, 0.29) is 23.6 Å². The van der Waals surface area contributed by atoms with Crippen LogP contribution in [0.3, 0.4) is 0 Å². The molecule has 2 aliphatic heterocycles. The molecule has 0 spiro atoms. The van der Waals surface area contributed by atoms with Crippen molar-refractivity contribution in [2.45, 2.75) is 51.4 Å². The van der Waals surface area contributed by atoms with Crippen LogP contribution in [0.2, 0.25) is 0 Å². The highest BCUT2D eigenvalue weighted by Crippen LogP contribution is 2.42. The molecule has 2 aromatic rings. The van der Waals surface area contributed by atoms with Crippen LogP contribution in [0.15, 0.2) is 70.5 Å². The zero-order chi connectivity index (χ0) is 29.9. The second-order valence-electron chi connectivity index (χ2n) is 9.76. The third-order valence-electron chi connectivity index (χ3n) is 6.59. The Bertz CT molecular complexity index is 1260. The molecule has 8 nitrogen and oxygen atoms in total. The van der Waals surface area contributed by atoms with E-state index in [0.717, 1.165) is 47.7 Å². The number of rotatable bonds is 14. The molecular weight excluding hydrogens is 609 g/mol. The van der Waals surface area contributed by atoms with E-state index in [1.807, 2.05) is 60.7 Å². The van der Waals surface area contributed by atoms with E-state index in [1.165, 1.54) is 9.80 Å². The van der Waals surface area contributed by atoms with Gasteiger partial charge in [-0.2, -0.15) is 0 Å². The lowest BCUT2D eigenvalue weighted by molar-refractivity contribution is -0.124. The van der Waals surface area contributed by atoms with Crippen molar-refractivity contribution in [1.29, 1.82) is 0 Å². The summed E-state index contributed by atoms with van der Waals surface area (Å²) in [4.78, 5) is 54.3. The minimum absolute atomic E-state index is 0.0394. The highest BCUT2D eigenvalue weighted by Gasteiger charge is 2.41. The first kappa shape index (κ1) is 31.9. The van der Waals surface area contributed by atoms with Crippen molar-refractivity contribution >= 4 is 91.6 Å². The summed E-state index contributed by atoms with van der Waals surface area (Å²) in [6, 6.07) is 18.6. The highest BCUT2D eigenvalue weighted by atomic mass is 32.2. The molecule has 4 amide bonds. The van der Waals surface area contributed by atoms with E-state index in [0.29, 0.717) is 70.1 Å². The molecule has 0 radical (unpaired) electrons. The second-order valence-corrected chi connectivity index (χ2v) is 13.0. The summed E-state index contributed by atoms with van der Waals surface area (Å²) in [5, 5.41) is 5.74. The fourth-order valence-corrected chi connectivity index (χ4v) is 7.18. The normalized spacial score (nSPS) is 16.9. The lowest BCUT2D eigenvalue weighted by Crippen LogP contribution is -2.31. The van der Waals surface area contributed by atoms with Gasteiger partial charge in [0.05, 0.1) is 9.81 Å². The molecular formula is C30H32N4O4S4. The first-order valence-corrected chi connectivity index (χ1v) is 16.3. The maximum absolute atomic E-state index is 13.2. The van der Waals surface area contributed by atoms with Gasteiger partial charge in [-0.05, 0) is 49.9 Å². The molecule has 2 fully saturated rings. The number of nitrogens with one attached hydrogen (secondary N) is 2. The number of carbonyl (C=O) groups excluding carboxylic acids is 4. The van der Waals surface area contributed by atoms with Crippen LogP contribution in [0, 0.1) is 0 Å². The molecule has 0 unspecified atom stereocenters. The molecule has 42 heavy (non-hydrogen) atoms. The molecule has 2 aliphatic rings. The fourth-order valence-electron chi connectivity index (χ4n) is 4.41. The van der Waals surface area contributed by atoms with Gasteiger partial charge in [0, 0.05) is 37.3 Å². The quantitative estimate of drug-likeness (QED) is 0.141. The number of unbranched alkanes of at least 4 members (excludes halogenated alkanes) is 4. The monoisotopic (exact) mass is 640 g/mol. The number of carbonyl (C=O) groups is 4. The van der Waals surface area contributed by atoms with Gasteiger partial charge in [-0.25, -0.2) is 0 Å². The number of thiocarbonyl (C=S) groups is 2. The third-order valence-corrected chi connectivity index (χ3v) is 9.62. The number of hydrogen-bond donors (Lipinski definition) is 2. The summed E-state index contributed by atoms with van der Waals surface area (Å²) in [6.07, 6.45) is 5.13. The summed E-state index contributed by atoms with van der Waals surface area (Å²) in [7, 11) is 0. The van der Waals surface area contributed by atoms with Crippen molar-refractivity contribution in [3.05, 3.63) is 70.5 Å². The molecule has 2 heterocycles. The first-order chi connectivity index (χ1) is 20.3. The topological polar surface area (TPSA) is 98.8 Å². The Morgan fingerprint density at radius 2 is 0.976 bits per heavy atom. The van der Waals surface area contributed by atoms with Crippen LogP contribution < -0.4 is 10.6 Å². The first-order valence-electron chi connectivity index (χ1n) is 13.8. The largest absolute Gasteiger partial charge is 0.326 e. The Morgan fingerprint density at radius 1 is 0.595 bits per heavy atom. The minimum atomic E-state index is -0.267. The van der Waals surface area contributed by atoms with Gasteiger partial charge in [-0.3, -0.25) is 29.0 Å². The van der Waals surface area contributed by atoms with Crippen molar-refractivity contribution < 1.29 is 19.2 Å². The van der Waals surface area contributed by atoms with Crippen LogP contribution in [0.5, 0.6) is 0 Å². The van der Waals surface area contributed by atoms with E-state index in [2.05, 4.69) is 10.6 Å². The minimum Gasteiger partial charge on any atom is -0.326 e. The molecule has 12 heteroatoms. The predicted molar refractivity (Wildman–Crippen MR) is 178 cm³/mol. The van der Waals surface area contributed by atoms with Gasteiger partial charge in [0.15, 0.2) is 0 Å². The van der Waals surface area contributed by atoms with Gasteiger partial charge in [-0.15, -0.1) is 0 Å². The molecule has 0 atom stereocenters. The average Bonchev–Trinajstić information content (AvgIpc) is 3.42. The molecule has 0 aliphatic carbocycles. The van der Waals surface area contributed by atoms with Crippen molar-refractivity contribution in [3.63, 3.8) is 0 Å². The Hall–Kier alpha value is -3.06. The lowest BCUT2D eigenvalue weighted by atomic mass is 10.1. The van der Waals surface area contributed by atoms with E-state index >= 15 is 0 Å². The van der Waals surface area contributed by atoms with E-state index in [4.69, 9.17) is 24.4 Å². The molecule has 2 N–H and O–H groups in total. The van der Waals surface area contributed by atoms with Gasteiger partial charge in [0.1, 0.15) is 8.64 Å². The summed E-state index contributed by atoms with van der Waals surface area (Å²) in [5.41, 5.74) is 1.54. The number of thioether (sulfide) groups is 2. The van der Waals surface area contributed by atoms with Gasteiger partial charge in [0.2, 0.25) is 11.8 Å². The number of amides is 4. The Labute approximate surface area is 265 Å². The van der Waals surface area contributed by atoms with E-state index in [1.54, 1.807) is 0 Å².